The molecule has 0 spiro atoms. The van der Waals surface area contributed by atoms with Crippen LogP contribution in [0.2, 0.25) is 0 Å². The zero-order valence-electron chi connectivity index (χ0n) is 11.6. The molecular formula is C14H25NOS. The summed E-state index contributed by atoms with van der Waals surface area (Å²) in [7, 11) is 0. The number of thiophene rings is 1. The second-order valence-corrected chi connectivity index (χ2v) is 7.61. The second kappa shape index (κ2) is 5.51. The first-order valence-corrected chi connectivity index (χ1v) is 6.97. The van der Waals surface area contributed by atoms with E-state index in [0.717, 1.165) is 13.1 Å². The highest BCUT2D eigenvalue weighted by Gasteiger charge is 2.17. The molecular weight excluding hydrogens is 230 g/mol. The highest BCUT2D eigenvalue weighted by molar-refractivity contribution is 7.12. The van der Waals surface area contributed by atoms with Crippen LogP contribution in [-0.2, 0) is 12.0 Å². The molecule has 1 aromatic heterocycles. The fourth-order valence-corrected chi connectivity index (χ4v) is 2.49. The first-order valence-electron chi connectivity index (χ1n) is 6.15. The Kier molecular flexibility index (Phi) is 4.76. The topological polar surface area (TPSA) is 32.3 Å². The van der Waals surface area contributed by atoms with Crippen LogP contribution in [0.1, 0.15) is 44.4 Å². The standard InChI is InChI=1S/C14H25NOS/c1-13(2,3)12-7-6-11(17-12)8-15-9-14(4,5)10-16/h6-7,15-16H,8-10H2,1-5H3. The molecule has 0 amide bonds. The van der Waals surface area contributed by atoms with Crippen molar-refractivity contribution in [3.05, 3.63) is 21.9 Å². The maximum Gasteiger partial charge on any atom is 0.0494 e. The molecule has 0 fully saturated rings. The fourth-order valence-electron chi connectivity index (χ4n) is 1.46. The molecule has 2 N–H and O–H groups in total. The number of aliphatic hydroxyl groups excluding tert-OH is 1. The Morgan fingerprint density at radius 2 is 1.82 bits per heavy atom. The molecule has 0 aliphatic heterocycles. The summed E-state index contributed by atoms with van der Waals surface area (Å²) in [5.74, 6) is 0. The van der Waals surface area contributed by atoms with Crippen LogP contribution in [0.3, 0.4) is 0 Å². The third kappa shape index (κ3) is 4.78. The lowest BCUT2D eigenvalue weighted by atomic mass is 9.95. The highest BCUT2D eigenvalue weighted by Crippen LogP contribution is 2.29. The predicted molar refractivity (Wildman–Crippen MR) is 75.6 cm³/mol. The van der Waals surface area contributed by atoms with Crippen molar-refractivity contribution in [2.45, 2.75) is 46.6 Å². The first-order chi connectivity index (χ1) is 7.74. The molecule has 0 unspecified atom stereocenters. The van der Waals surface area contributed by atoms with Gasteiger partial charge < -0.3 is 10.4 Å². The lowest BCUT2D eigenvalue weighted by Gasteiger charge is -2.21. The molecule has 0 saturated carbocycles. The third-order valence-electron chi connectivity index (χ3n) is 2.73. The number of rotatable bonds is 5. The van der Waals surface area contributed by atoms with E-state index in [0.29, 0.717) is 0 Å². The van der Waals surface area contributed by atoms with E-state index < -0.39 is 0 Å². The molecule has 1 heterocycles. The van der Waals surface area contributed by atoms with E-state index in [1.54, 1.807) is 0 Å². The second-order valence-electron chi connectivity index (χ2n) is 6.44. The number of hydrogen-bond donors (Lipinski definition) is 2. The van der Waals surface area contributed by atoms with E-state index in [2.05, 4.69) is 52.1 Å². The zero-order valence-corrected chi connectivity index (χ0v) is 12.4. The van der Waals surface area contributed by atoms with Crippen molar-refractivity contribution in [3.8, 4) is 0 Å². The lowest BCUT2D eigenvalue weighted by Crippen LogP contribution is -2.31. The van der Waals surface area contributed by atoms with Crippen molar-refractivity contribution < 1.29 is 5.11 Å². The summed E-state index contributed by atoms with van der Waals surface area (Å²) >= 11 is 1.87. The van der Waals surface area contributed by atoms with Crippen molar-refractivity contribution in [2.24, 2.45) is 5.41 Å². The molecule has 3 heteroatoms. The van der Waals surface area contributed by atoms with Crippen molar-refractivity contribution in [2.75, 3.05) is 13.2 Å². The van der Waals surface area contributed by atoms with Crippen molar-refractivity contribution in [3.63, 3.8) is 0 Å². The Bertz CT molecular complexity index is 349. The van der Waals surface area contributed by atoms with Gasteiger partial charge in [0.05, 0.1) is 0 Å². The SMILES string of the molecule is CC(C)(CO)CNCc1ccc(C(C)(C)C)s1. The van der Waals surface area contributed by atoms with Gasteiger partial charge in [0, 0.05) is 34.9 Å². The first kappa shape index (κ1) is 14.7. The summed E-state index contributed by atoms with van der Waals surface area (Å²) < 4.78 is 0. The van der Waals surface area contributed by atoms with E-state index in [1.165, 1.54) is 9.75 Å². The smallest absolute Gasteiger partial charge is 0.0494 e. The van der Waals surface area contributed by atoms with Crippen molar-refractivity contribution >= 4 is 11.3 Å². The summed E-state index contributed by atoms with van der Waals surface area (Å²) in [6, 6.07) is 4.42. The molecule has 0 saturated heterocycles. The summed E-state index contributed by atoms with van der Waals surface area (Å²) in [5, 5.41) is 12.6. The maximum absolute atomic E-state index is 9.16. The molecule has 0 radical (unpaired) electrons. The average Bonchev–Trinajstić information content (AvgIpc) is 2.66. The fraction of sp³-hybridized carbons (Fsp3) is 0.714. The van der Waals surface area contributed by atoms with Gasteiger partial charge in [0.2, 0.25) is 0 Å². The Morgan fingerprint density at radius 3 is 2.29 bits per heavy atom. The van der Waals surface area contributed by atoms with Gasteiger partial charge >= 0.3 is 0 Å². The Morgan fingerprint density at radius 1 is 1.18 bits per heavy atom. The van der Waals surface area contributed by atoms with Crippen LogP contribution in [-0.4, -0.2) is 18.3 Å². The predicted octanol–water partition coefficient (Wildman–Crippen LogP) is 3.15. The van der Waals surface area contributed by atoms with Gasteiger partial charge in [-0.05, 0) is 17.5 Å². The van der Waals surface area contributed by atoms with Gasteiger partial charge in [-0.25, -0.2) is 0 Å². The van der Waals surface area contributed by atoms with Crippen LogP contribution in [0.15, 0.2) is 12.1 Å². The van der Waals surface area contributed by atoms with E-state index in [-0.39, 0.29) is 17.4 Å². The zero-order chi connectivity index (χ0) is 13.1. The van der Waals surface area contributed by atoms with E-state index in [9.17, 15) is 0 Å². The number of aliphatic hydroxyl groups is 1. The van der Waals surface area contributed by atoms with E-state index >= 15 is 0 Å². The van der Waals surface area contributed by atoms with Gasteiger partial charge in [-0.15, -0.1) is 11.3 Å². The normalized spacial score (nSPS) is 13.1. The van der Waals surface area contributed by atoms with Crippen molar-refractivity contribution in [1.82, 2.24) is 5.32 Å². The number of hydrogen-bond acceptors (Lipinski definition) is 3. The Hall–Kier alpha value is -0.380. The molecule has 0 atom stereocenters. The van der Waals surface area contributed by atoms with E-state index in [1.807, 2.05) is 11.3 Å². The largest absolute Gasteiger partial charge is 0.396 e. The molecule has 1 rings (SSSR count). The third-order valence-corrected chi connectivity index (χ3v) is 4.24. The van der Waals surface area contributed by atoms with Gasteiger partial charge in [-0.1, -0.05) is 34.6 Å². The number of nitrogens with one attached hydrogen (secondary N) is 1. The summed E-state index contributed by atoms with van der Waals surface area (Å²) in [5.41, 5.74) is 0.206. The minimum Gasteiger partial charge on any atom is -0.396 e. The quantitative estimate of drug-likeness (QED) is 0.847. The summed E-state index contributed by atoms with van der Waals surface area (Å²) in [6.45, 7) is 12.8. The van der Waals surface area contributed by atoms with Gasteiger partial charge in [0.25, 0.3) is 0 Å². The average molecular weight is 255 g/mol. The van der Waals surface area contributed by atoms with Gasteiger partial charge in [-0.2, -0.15) is 0 Å². The minimum absolute atomic E-state index is 0.0376. The molecule has 98 valence electrons. The molecule has 1 aromatic rings. The summed E-state index contributed by atoms with van der Waals surface area (Å²) in [4.78, 5) is 2.79. The lowest BCUT2D eigenvalue weighted by molar-refractivity contribution is 0.157. The molecule has 0 aliphatic carbocycles. The minimum atomic E-state index is -0.0376. The van der Waals surface area contributed by atoms with Crippen LogP contribution < -0.4 is 5.32 Å². The van der Waals surface area contributed by atoms with E-state index in [4.69, 9.17) is 5.11 Å². The van der Waals surface area contributed by atoms with Crippen molar-refractivity contribution in [1.29, 1.82) is 0 Å². The maximum atomic E-state index is 9.16. The monoisotopic (exact) mass is 255 g/mol. The highest BCUT2D eigenvalue weighted by atomic mass is 32.1. The molecule has 0 aliphatic rings. The van der Waals surface area contributed by atoms with Crippen LogP contribution >= 0.6 is 11.3 Å². The van der Waals surface area contributed by atoms with Gasteiger partial charge in [0.15, 0.2) is 0 Å². The molecule has 2 nitrogen and oxygen atoms in total. The van der Waals surface area contributed by atoms with Crippen LogP contribution in [0.4, 0.5) is 0 Å². The van der Waals surface area contributed by atoms with Gasteiger partial charge in [-0.3, -0.25) is 0 Å². The Labute approximate surface area is 109 Å². The molecule has 17 heavy (non-hydrogen) atoms. The molecule has 0 bridgehead atoms. The molecule has 0 aromatic carbocycles. The summed E-state index contributed by atoms with van der Waals surface area (Å²) in [6.07, 6.45) is 0. The van der Waals surface area contributed by atoms with Gasteiger partial charge in [0.1, 0.15) is 0 Å². The van der Waals surface area contributed by atoms with Crippen LogP contribution in [0.5, 0.6) is 0 Å². The van der Waals surface area contributed by atoms with Crippen LogP contribution in [0, 0.1) is 5.41 Å². The van der Waals surface area contributed by atoms with Crippen LogP contribution in [0.25, 0.3) is 0 Å². The Balaban J connectivity index is 2.46.